The second-order valence-electron chi connectivity index (χ2n) is 7.03. The number of fused-ring (bicyclic) bond motifs is 1. The Morgan fingerprint density at radius 3 is 2.80 bits per heavy atom. The van der Waals surface area contributed by atoms with Crippen LogP contribution in [0.3, 0.4) is 0 Å². The fourth-order valence-corrected chi connectivity index (χ4v) is 3.47. The molecule has 0 amide bonds. The lowest BCUT2D eigenvalue weighted by Crippen LogP contribution is -2.34. The maximum atomic E-state index is 5.99. The molecule has 2 aromatic heterocycles. The standard InChI is InChI=1S/C20H24N4O/c1-15-5-7-17(8-6-15)18-12-21-19-9-10-20(22-24(18)19)25-14-16-4-3-11-23(2)13-16/h5-10,12,16H,3-4,11,13-14H2,1-2H3. The second kappa shape index (κ2) is 6.84. The van der Waals surface area contributed by atoms with Crippen LogP contribution >= 0.6 is 0 Å². The van der Waals surface area contributed by atoms with Gasteiger partial charge < -0.3 is 9.64 Å². The van der Waals surface area contributed by atoms with Crippen LogP contribution in [0.25, 0.3) is 16.9 Å². The molecular formula is C20H24N4O. The van der Waals surface area contributed by atoms with Gasteiger partial charge in [-0.1, -0.05) is 29.8 Å². The summed E-state index contributed by atoms with van der Waals surface area (Å²) in [7, 11) is 2.18. The third-order valence-electron chi connectivity index (χ3n) is 4.87. The number of aryl methyl sites for hydroxylation is 1. The Morgan fingerprint density at radius 1 is 1.16 bits per heavy atom. The van der Waals surface area contributed by atoms with E-state index in [1.807, 2.05) is 22.8 Å². The zero-order valence-corrected chi connectivity index (χ0v) is 14.9. The number of imidazole rings is 1. The lowest BCUT2D eigenvalue weighted by Gasteiger charge is -2.29. The molecule has 1 fully saturated rings. The highest BCUT2D eigenvalue weighted by Gasteiger charge is 2.18. The van der Waals surface area contributed by atoms with Crippen LogP contribution in [0.4, 0.5) is 0 Å². The third kappa shape index (κ3) is 3.51. The van der Waals surface area contributed by atoms with Gasteiger partial charge in [0.25, 0.3) is 0 Å². The molecule has 1 aromatic carbocycles. The zero-order valence-electron chi connectivity index (χ0n) is 14.9. The summed E-state index contributed by atoms with van der Waals surface area (Å²) in [5.41, 5.74) is 4.17. The zero-order chi connectivity index (χ0) is 17.2. The van der Waals surface area contributed by atoms with Crippen molar-refractivity contribution in [3.63, 3.8) is 0 Å². The first-order valence-corrected chi connectivity index (χ1v) is 8.92. The highest BCUT2D eigenvalue weighted by molar-refractivity contribution is 5.63. The summed E-state index contributed by atoms with van der Waals surface area (Å²) in [6.45, 7) is 5.10. The largest absolute Gasteiger partial charge is 0.476 e. The fraction of sp³-hybridized carbons (Fsp3) is 0.400. The molecule has 25 heavy (non-hydrogen) atoms. The van der Waals surface area contributed by atoms with Gasteiger partial charge in [0, 0.05) is 24.1 Å². The van der Waals surface area contributed by atoms with Crippen LogP contribution in [0, 0.1) is 12.8 Å². The van der Waals surface area contributed by atoms with E-state index in [-0.39, 0.29) is 0 Å². The smallest absolute Gasteiger partial charge is 0.231 e. The van der Waals surface area contributed by atoms with E-state index in [1.54, 1.807) is 0 Å². The summed E-state index contributed by atoms with van der Waals surface area (Å²) in [6.07, 6.45) is 4.34. The van der Waals surface area contributed by atoms with Crippen LogP contribution in [-0.4, -0.2) is 46.2 Å². The molecule has 0 spiro atoms. The molecule has 1 aliphatic heterocycles. The van der Waals surface area contributed by atoms with Crippen LogP contribution in [0.15, 0.2) is 42.6 Å². The van der Waals surface area contributed by atoms with Crippen LogP contribution < -0.4 is 4.74 Å². The SMILES string of the molecule is Cc1ccc(-c2cnc3ccc(OCC4CCCN(C)C4)nn23)cc1. The van der Waals surface area contributed by atoms with Gasteiger partial charge in [0.05, 0.1) is 18.5 Å². The number of benzene rings is 1. The Morgan fingerprint density at radius 2 is 2.00 bits per heavy atom. The van der Waals surface area contributed by atoms with Crippen LogP contribution in [0.5, 0.6) is 5.88 Å². The molecule has 4 rings (SSSR count). The molecule has 1 unspecified atom stereocenters. The number of ether oxygens (including phenoxy) is 1. The molecular weight excluding hydrogens is 312 g/mol. The van der Waals surface area contributed by atoms with Crippen molar-refractivity contribution in [3.05, 3.63) is 48.2 Å². The number of hydrogen-bond acceptors (Lipinski definition) is 4. The number of piperidine rings is 1. The minimum absolute atomic E-state index is 0.579. The lowest BCUT2D eigenvalue weighted by atomic mass is 10.00. The van der Waals surface area contributed by atoms with Crippen molar-refractivity contribution in [1.82, 2.24) is 19.5 Å². The number of rotatable bonds is 4. The molecule has 1 saturated heterocycles. The monoisotopic (exact) mass is 336 g/mol. The minimum atomic E-state index is 0.579. The van der Waals surface area contributed by atoms with E-state index in [4.69, 9.17) is 4.74 Å². The Bertz CT molecular complexity index is 856. The summed E-state index contributed by atoms with van der Waals surface area (Å²) in [5.74, 6) is 1.24. The maximum absolute atomic E-state index is 5.99. The van der Waals surface area contributed by atoms with E-state index in [2.05, 4.69) is 53.2 Å². The van der Waals surface area contributed by atoms with Gasteiger partial charge >= 0.3 is 0 Å². The number of hydrogen-bond donors (Lipinski definition) is 0. The molecule has 3 aromatic rings. The Balaban J connectivity index is 1.55. The predicted octanol–water partition coefficient (Wildman–Crippen LogP) is 3.43. The summed E-state index contributed by atoms with van der Waals surface area (Å²) < 4.78 is 7.86. The normalized spacial score (nSPS) is 18.6. The quantitative estimate of drug-likeness (QED) is 0.732. The molecule has 5 nitrogen and oxygen atoms in total. The van der Waals surface area contributed by atoms with E-state index < -0.39 is 0 Å². The fourth-order valence-electron chi connectivity index (χ4n) is 3.47. The first kappa shape index (κ1) is 16.1. The van der Waals surface area contributed by atoms with Gasteiger partial charge in [-0.2, -0.15) is 0 Å². The first-order chi connectivity index (χ1) is 12.2. The van der Waals surface area contributed by atoms with Crippen molar-refractivity contribution in [2.45, 2.75) is 19.8 Å². The molecule has 0 saturated carbocycles. The summed E-state index contributed by atoms with van der Waals surface area (Å²) in [5, 5.41) is 4.66. The molecule has 0 radical (unpaired) electrons. The maximum Gasteiger partial charge on any atom is 0.231 e. The van der Waals surface area contributed by atoms with Crippen molar-refractivity contribution >= 4 is 5.65 Å². The third-order valence-corrected chi connectivity index (χ3v) is 4.87. The Labute approximate surface area is 148 Å². The summed E-state index contributed by atoms with van der Waals surface area (Å²) in [6, 6.07) is 12.3. The molecule has 1 aliphatic rings. The molecule has 3 heterocycles. The molecule has 0 N–H and O–H groups in total. The van der Waals surface area contributed by atoms with Crippen LogP contribution in [0.1, 0.15) is 18.4 Å². The van der Waals surface area contributed by atoms with Gasteiger partial charge in [0.1, 0.15) is 0 Å². The molecule has 1 atom stereocenters. The molecule has 0 bridgehead atoms. The van der Waals surface area contributed by atoms with Gasteiger partial charge in [-0.15, -0.1) is 5.10 Å². The van der Waals surface area contributed by atoms with Gasteiger partial charge in [0.15, 0.2) is 5.65 Å². The Hall–Kier alpha value is -2.40. The second-order valence-corrected chi connectivity index (χ2v) is 7.03. The van der Waals surface area contributed by atoms with Crippen molar-refractivity contribution in [2.24, 2.45) is 5.92 Å². The van der Waals surface area contributed by atoms with E-state index in [0.717, 1.165) is 30.1 Å². The van der Waals surface area contributed by atoms with Gasteiger partial charge in [-0.05, 0) is 39.4 Å². The molecule has 130 valence electrons. The topological polar surface area (TPSA) is 42.7 Å². The van der Waals surface area contributed by atoms with Crippen molar-refractivity contribution in [1.29, 1.82) is 0 Å². The van der Waals surface area contributed by atoms with E-state index in [9.17, 15) is 0 Å². The minimum Gasteiger partial charge on any atom is -0.476 e. The van der Waals surface area contributed by atoms with Gasteiger partial charge in [-0.3, -0.25) is 0 Å². The van der Waals surface area contributed by atoms with Gasteiger partial charge in [-0.25, -0.2) is 9.50 Å². The lowest BCUT2D eigenvalue weighted by molar-refractivity contribution is 0.146. The number of likely N-dealkylation sites (tertiary alicyclic amines) is 1. The van der Waals surface area contributed by atoms with E-state index >= 15 is 0 Å². The van der Waals surface area contributed by atoms with Crippen molar-refractivity contribution < 1.29 is 4.74 Å². The first-order valence-electron chi connectivity index (χ1n) is 8.92. The average Bonchev–Trinajstić information content (AvgIpc) is 3.04. The number of nitrogens with zero attached hydrogens (tertiary/aromatic N) is 4. The van der Waals surface area contributed by atoms with Crippen LogP contribution in [0.2, 0.25) is 0 Å². The van der Waals surface area contributed by atoms with Crippen LogP contribution in [-0.2, 0) is 0 Å². The highest BCUT2D eigenvalue weighted by Crippen LogP contribution is 2.22. The Kier molecular flexibility index (Phi) is 4.40. The predicted molar refractivity (Wildman–Crippen MR) is 98.9 cm³/mol. The average molecular weight is 336 g/mol. The highest BCUT2D eigenvalue weighted by atomic mass is 16.5. The number of aromatic nitrogens is 3. The van der Waals surface area contributed by atoms with Gasteiger partial charge in [0.2, 0.25) is 5.88 Å². The van der Waals surface area contributed by atoms with Crippen molar-refractivity contribution in [3.8, 4) is 17.1 Å². The molecule has 5 heteroatoms. The van der Waals surface area contributed by atoms with E-state index in [1.165, 1.54) is 24.9 Å². The van der Waals surface area contributed by atoms with E-state index in [0.29, 0.717) is 11.8 Å². The molecule has 0 aliphatic carbocycles. The summed E-state index contributed by atoms with van der Waals surface area (Å²) >= 11 is 0. The van der Waals surface area contributed by atoms with Crippen molar-refractivity contribution in [2.75, 3.05) is 26.7 Å². The summed E-state index contributed by atoms with van der Waals surface area (Å²) in [4.78, 5) is 6.83.